The van der Waals surface area contributed by atoms with E-state index in [-0.39, 0.29) is 11.5 Å². The number of rotatable bonds is 7. The van der Waals surface area contributed by atoms with Gasteiger partial charge in [0.1, 0.15) is 0 Å². The smallest absolute Gasteiger partial charge is 0.343 e. The van der Waals surface area contributed by atoms with E-state index in [9.17, 15) is 9.59 Å². The third-order valence-electron chi connectivity index (χ3n) is 4.82. The molecular formula is C22H25N3O3S. The molecule has 0 saturated heterocycles. The Morgan fingerprint density at radius 1 is 1.07 bits per heavy atom. The van der Waals surface area contributed by atoms with Gasteiger partial charge in [-0.25, -0.2) is 4.79 Å². The Labute approximate surface area is 175 Å². The lowest BCUT2D eigenvalue weighted by molar-refractivity contribution is -0.115. The largest absolute Gasteiger partial charge is 0.420 e. The van der Waals surface area contributed by atoms with Crippen LogP contribution in [0.15, 0.2) is 59.1 Å². The SMILES string of the molecule is CCN(CC)Cc1ccc(C(=O)OC2=C(C(N)=O)N(C)Sc3ccccc32)cc1. The first-order valence-corrected chi connectivity index (χ1v) is 10.3. The second kappa shape index (κ2) is 9.15. The van der Waals surface area contributed by atoms with E-state index in [1.807, 2.05) is 36.4 Å². The molecule has 29 heavy (non-hydrogen) atoms. The minimum atomic E-state index is -0.646. The molecule has 0 spiro atoms. The van der Waals surface area contributed by atoms with Crippen LogP contribution in [-0.4, -0.2) is 41.2 Å². The first-order valence-electron chi connectivity index (χ1n) is 9.53. The van der Waals surface area contributed by atoms with Crippen LogP contribution in [0.2, 0.25) is 0 Å². The summed E-state index contributed by atoms with van der Waals surface area (Å²) in [5, 5.41) is 0. The predicted octanol–water partition coefficient (Wildman–Crippen LogP) is 3.49. The van der Waals surface area contributed by atoms with Gasteiger partial charge in [0.2, 0.25) is 0 Å². The van der Waals surface area contributed by atoms with Crippen molar-refractivity contribution in [2.45, 2.75) is 25.3 Å². The molecule has 0 fully saturated rings. The zero-order valence-electron chi connectivity index (χ0n) is 16.8. The zero-order valence-corrected chi connectivity index (χ0v) is 17.7. The van der Waals surface area contributed by atoms with E-state index in [1.165, 1.54) is 11.9 Å². The molecule has 0 bridgehead atoms. The van der Waals surface area contributed by atoms with Crippen molar-refractivity contribution in [2.75, 3.05) is 20.1 Å². The van der Waals surface area contributed by atoms with Gasteiger partial charge in [0, 0.05) is 24.1 Å². The van der Waals surface area contributed by atoms with Crippen LogP contribution in [0.25, 0.3) is 5.76 Å². The van der Waals surface area contributed by atoms with Crippen LogP contribution in [0.3, 0.4) is 0 Å². The Balaban J connectivity index is 1.86. The number of nitrogens with zero attached hydrogens (tertiary/aromatic N) is 2. The van der Waals surface area contributed by atoms with Crippen molar-refractivity contribution in [1.29, 1.82) is 0 Å². The number of hydrogen-bond donors (Lipinski definition) is 1. The number of hydrogen-bond acceptors (Lipinski definition) is 6. The minimum absolute atomic E-state index is 0.167. The molecule has 2 aromatic rings. The summed E-state index contributed by atoms with van der Waals surface area (Å²) in [5.74, 6) is -0.985. The highest BCUT2D eigenvalue weighted by Gasteiger charge is 2.30. The standard InChI is InChI=1S/C22H25N3O3S/c1-4-25(5-2)14-15-10-12-16(13-11-15)22(27)28-20-17-8-6-7-9-18(17)29-24(3)19(20)21(23)26/h6-13H,4-5,14H2,1-3H3,(H2,23,26). The average molecular weight is 412 g/mol. The van der Waals surface area contributed by atoms with Gasteiger partial charge in [-0.15, -0.1) is 0 Å². The van der Waals surface area contributed by atoms with Crippen molar-refractivity contribution in [2.24, 2.45) is 5.73 Å². The predicted molar refractivity (Wildman–Crippen MR) is 115 cm³/mol. The van der Waals surface area contributed by atoms with E-state index >= 15 is 0 Å². The number of nitrogens with two attached hydrogens (primary N) is 1. The zero-order chi connectivity index (χ0) is 21.0. The van der Waals surface area contributed by atoms with Gasteiger partial charge in [-0.2, -0.15) is 0 Å². The second-order valence-electron chi connectivity index (χ2n) is 6.67. The van der Waals surface area contributed by atoms with E-state index in [4.69, 9.17) is 10.5 Å². The Morgan fingerprint density at radius 2 is 1.72 bits per heavy atom. The highest BCUT2D eigenvalue weighted by molar-refractivity contribution is 7.97. The van der Waals surface area contributed by atoms with Gasteiger partial charge in [0.05, 0.1) is 5.56 Å². The number of ether oxygens (including phenoxy) is 1. The van der Waals surface area contributed by atoms with Crippen molar-refractivity contribution in [3.8, 4) is 0 Å². The molecule has 1 aliphatic heterocycles. The molecule has 1 aliphatic rings. The Hall–Kier alpha value is -2.77. The summed E-state index contributed by atoms with van der Waals surface area (Å²) >= 11 is 1.37. The number of esters is 1. The summed E-state index contributed by atoms with van der Waals surface area (Å²) < 4.78 is 7.31. The molecule has 0 saturated carbocycles. The topological polar surface area (TPSA) is 75.9 Å². The Morgan fingerprint density at radius 3 is 2.34 bits per heavy atom. The molecule has 0 aliphatic carbocycles. The second-order valence-corrected chi connectivity index (χ2v) is 7.84. The summed E-state index contributed by atoms with van der Waals surface area (Å²) in [6.07, 6.45) is 0. The van der Waals surface area contributed by atoms with Crippen molar-refractivity contribution in [1.82, 2.24) is 9.21 Å². The summed E-state index contributed by atoms with van der Waals surface area (Å²) in [7, 11) is 1.72. The van der Waals surface area contributed by atoms with E-state index in [0.717, 1.165) is 30.1 Å². The molecule has 152 valence electrons. The minimum Gasteiger partial charge on any atom is -0.420 e. The number of amides is 1. The molecule has 7 heteroatoms. The fourth-order valence-electron chi connectivity index (χ4n) is 3.17. The Kier molecular flexibility index (Phi) is 6.61. The summed E-state index contributed by atoms with van der Waals surface area (Å²) in [4.78, 5) is 28.0. The molecule has 3 rings (SSSR count). The van der Waals surface area contributed by atoms with E-state index in [0.29, 0.717) is 11.1 Å². The van der Waals surface area contributed by atoms with Crippen LogP contribution in [-0.2, 0) is 16.1 Å². The van der Waals surface area contributed by atoms with Crippen LogP contribution in [0.4, 0.5) is 0 Å². The lowest BCUT2D eigenvalue weighted by Crippen LogP contribution is -2.29. The monoisotopic (exact) mass is 411 g/mol. The normalized spacial score (nSPS) is 13.4. The molecule has 1 amide bonds. The van der Waals surface area contributed by atoms with Gasteiger partial charge in [-0.3, -0.25) is 9.69 Å². The van der Waals surface area contributed by atoms with Crippen LogP contribution in [0.5, 0.6) is 0 Å². The number of carbonyl (C=O) groups is 2. The molecule has 0 aromatic heterocycles. The summed E-state index contributed by atoms with van der Waals surface area (Å²) in [6.45, 7) is 7.01. The summed E-state index contributed by atoms with van der Waals surface area (Å²) in [6, 6.07) is 14.8. The molecular weight excluding hydrogens is 386 g/mol. The third-order valence-corrected chi connectivity index (χ3v) is 5.82. The first kappa shape index (κ1) is 21.0. The van der Waals surface area contributed by atoms with Crippen LogP contribution in [0.1, 0.15) is 35.3 Å². The molecule has 1 heterocycles. The maximum atomic E-state index is 12.8. The Bertz CT molecular complexity index is 937. The quantitative estimate of drug-likeness (QED) is 0.555. The number of benzene rings is 2. The van der Waals surface area contributed by atoms with Crippen LogP contribution < -0.4 is 5.73 Å². The maximum Gasteiger partial charge on any atom is 0.343 e. The third kappa shape index (κ3) is 4.63. The number of carbonyl (C=O) groups excluding carboxylic acids is 2. The van der Waals surface area contributed by atoms with Gasteiger partial charge in [-0.1, -0.05) is 38.1 Å². The van der Waals surface area contributed by atoms with Crippen molar-refractivity contribution in [3.63, 3.8) is 0 Å². The maximum absolute atomic E-state index is 12.8. The fourth-order valence-corrected chi connectivity index (χ4v) is 4.13. The lowest BCUT2D eigenvalue weighted by atomic mass is 10.1. The molecule has 2 N–H and O–H groups in total. The van der Waals surface area contributed by atoms with E-state index < -0.39 is 11.9 Å². The van der Waals surface area contributed by atoms with Gasteiger partial charge in [0.25, 0.3) is 5.91 Å². The first-order chi connectivity index (χ1) is 13.9. The van der Waals surface area contributed by atoms with Crippen molar-refractivity contribution < 1.29 is 14.3 Å². The average Bonchev–Trinajstić information content (AvgIpc) is 2.72. The van der Waals surface area contributed by atoms with Crippen molar-refractivity contribution >= 4 is 29.6 Å². The van der Waals surface area contributed by atoms with E-state index in [1.54, 1.807) is 23.5 Å². The summed E-state index contributed by atoms with van der Waals surface area (Å²) in [5.41, 5.74) is 7.95. The fraction of sp³-hybridized carbons (Fsp3) is 0.273. The molecule has 0 radical (unpaired) electrons. The molecule has 0 atom stereocenters. The van der Waals surface area contributed by atoms with Crippen molar-refractivity contribution in [3.05, 3.63) is 70.9 Å². The van der Waals surface area contributed by atoms with E-state index in [2.05, 4.69) is 18.7 Å². The van der Waals surface area contributed by atoms with Crippen LogP contribution >= 0.6 is 11.9 Å². The highest BCUT2D eigenvalue weighted by atomic mass is 32.2. The number of fused-ring (bicyclic) bond motifs is 1. The van der Waals surface area contributed by atoms with Gasteiger partial charge < -0.3 is 14.8 Å². The van der Waals surface area contributed by atoms with Gasteiger partial charge in [0.15, 0.2) is 11.5 Å². The van der Waals surface area contributed by atoms with Gasteiger partial charge >= 0.3 is 5.97 Å². The van der Waals surface area contributed by atoms with Gasteiger partial charge in [-0.05, 0) is 54.9 Å². The molecule has 0 unspecified atom stereocenters. The molecule has 6 nitrogen and oxygen atoms in total. The lowest BCUT2D eigenvalue weighted by Gasteiger charge is -2.28. The number of likely N-dealkylation sites (N-methyl/N-ethyl adjacent to an activating group) is 1. The highest BCUT2D eigenvalue weighted by Crippen LogP contribution is 2.40. The van der Waals surface area contributed by atoms with Crippen LogP contribution in [0, 0.1) is 0 Å². The number of primary amides is 1. The molecule has 2 aromatic carbocycles.